The average molecular weight is 732 g/mol. The van der Waals surface area contributed by atoms with Gasteiger partial charge in [0, 0.05) is 42.9 Å². The molecular formula is C39H45N11O4. The molecule has 0 saturated heterocycles. The number of anilines is 1. The number of aromatic nitrogens is 8. The predicted molar refractivity (Wildman–Crippen MR) is 206 cm³/mol. The summed E-state index contributed by atoms with van der Waals surface area (Å²) < 4.78 is 7.29. The van der Waals surface area contributed by atoms with Crippen molar-refractivity contribution in [3.63, 3.8) is 0 Å². The Morgan fingerprint density at radius 3 is 2.15 bits per heavy atom. The number of hydrogen-bond donors (Lipinski definition) is 3. The van der Waals surface area contributed by atoms with Gasteiger partial charge in [-0.05, 0) is 82.5 Å². The van der Waals surface area contributed by atoms with Crippen molar-refractivity contribution in [1.82, 2.24) is 38.7 Å². The third kappa shape index (κ3) is 7.16. The zero-order valence-electron chi connectivity index (χ0n) is 29.9. The van der Waals surface area contributed by atoms with Crippen LogP contribution in [0.4, 0.5) is 5.95 Å². The van der Waals surface area contributed by atoms with E-state index in [1.807, 2.05) is 42.1 Å². The molecule has 1 aliphatic rings. The summed E-state index contributed by atoms with van der Waals surface area (Å²) in [6.45, 7) is 7.49. The molecule has 0 radical (unpaired) electrons. The van der Waals surface area contributed by atoms with Gasteiger partial charge in [0.15, 0.2) is 5.78 Å². The van der Waals surface area contributed by atoms with Crippen molar-refractivity contribution in [3.8, 4) is 0 Å². The number of imidazole rings is 2. The van der Waals surface area contributed by atoms with Gasteiger partial charge in [-0.3, -0.25) is 33.9 Å². The van der Waals surface area contributed by atoms with Crippen LogP contribution in [-0.4, -0.2) is 62.2 Å². The minimum absolute atomic E-state index is 0. The Kier molecular flexibility index (Phi) is 10.6. The van der Waals surface area contributed by atoms with Gasteiger partial charge in [0.25, 0.3) is 5.91 Å². The standard InChI is InChI=1S/C38H41N11O4.CH4/c1-4-48-34-26(23(3)45-48)10-6-5-7-17-49-31(18-22(2)44-49)37(53)43-38-42-28-20-25(36(40)52)12-14-30(28)47(38)16-9-8-15-46-29-13-11-24(35(39)51)19-27(29)41-33(46)21-32(34)50;/h8-9,11-14,18-20H,4-7,10,15-17,21H2,1-3H3,(H2,39,51)(H2,40,52)(H,42,43,53);1H4. The van der Waals surface area contributed by atoms with Crippen molar-refractivity contribution >= 4 is 51.5 Å². The summed E-state index contributed by atoms with van der Waals surface area (Å²) in [6.07, 6.45) is 6.99. The minimum atomic E-state index is -0.582. The fourth-order valence-corrected chi connectivity index (χ4v) is 7.09. The van der Waals surface area contributed by atoms with Gasteiger partial charge in [0.2, 0.25) is 17.8 Å². The summed E-state index contributed by atoms with van der Waals surface area (Å²) in [5.41, 5.74) is 17.7. The SMILES string of the molecule is C.CCn1nc(C)c2c1C(=O)Cc1nc3cc(C(N)=O)ccc3n1CC=CCn1c(nc3cc(C(N)=O)ccc31)NC(=O)c1cc(C)nn1CCCCC2. The fourth-order valence-electron chi connectivity index (χ4n) is 7.09. The number of aryl methyl sites for hydroxylation is 4. The summed E-state index contributed by atoms with van der Waals surface area (Å²) in [5, 5.41) is 12.3. The van der Waals surface area contributed by atoms with Crippen LogP contribution in [0.15, 0.2) is 54.6 Å². The van der Waals surface area contributed by atoms with Crippen molar-refractivity contribution < 1.29 is 19.2 Å². The fraction of sp³-hybridized carbons (Fsp3) is 0.333. The molecule has 0 spiro atoms. The average Bonchev–Trinajstić information content (AvgIpc) is 3.86. The van der Waals surface area contributed by atoms with Crippen molar-refractivity contribution in [1.29, 1.82) is 0 Å². The second-order valence-electron chi connectivity index (χ2n) is 13.3. The van der Waals surface area contributed by atoms with Crippen LogP contribution in [0.5, 0.6) is 0 Å². The van der Waals surface area contributed by atoms with E-state index in [4.69, 9.17) is 21.5 Å². The van der Waals surface area contributed by atoms with E-state index in [-0.39, 0.29) is 25.5 Å². The third-order valence-corrected chi connectivity index (χ3v) is 9.68. The molecular weight excluding hydrogens is 687 g/mol. The van der Waals surface area contributed by atoms with Gasteiger partial charge in [0.05, 0.1) is 39.9 Å². The van der Waals surface area contributed by atoms with E-state index in [0.717, 1.165) is 41.7 Å². The zero-order chi connectivity index (χ0) is 37.4. The number of benzene rings is 2. The molecule has 4 aromatic heterocycles. The first kappa shape index (κ1) is 37.4. The van der Waals surface area contributed by atoms with Crippen molar-refractivity contribution in [2.45, 2.75) is 86.5 Å². The molecule has 5 heterocycles. The van der Waals surface area contributed by atoms with E-state index in [1.165, 1.54) is 0 Å². The van der Waals surface area contributed by atoms with Crippen molar-refractivity contribution in [3.05, 3.63) is 99.9 Å². The van der Waals surface area contributed by atoms with Gasteiger partial charge >= 0.3 is 0 Å². The normalized spacial score (nSPS) is 14.4. The van der Waals surface area contributed by atoms with Gasteiger partial charge in [-0.15, -0.1) is 0 Å². The van der Waals surface area contributed by atoms with Crippen molar-refractivity contribution in [2.75, 3.05) is 5.32 Å². The molecule has 7 rings (SSSR count). The zero-order valence-corrected chi connectivity index (χ0v) is 29.9. The number of carbonyl (C=O) groups excluding carboxylic acids is 4. The first-order valence-corrected chi connectivity index (χ1v) is 17.7. The molecule has 5 N–H and O–H groups in total. The number of allylic oxidation sites excluding steroid dienone is 2. The van der Waals surface area contributed by atoms with E-state index in [1.54, 1.807) is 51.8 Å². The second kappa shape index (κ2) is 15.3. The highest BCUT2D eigenvalue weighted by Gasteiger charge is 2.24. The first-order chi connectivity index (χ1) is 25.5. The van der Waals surface area contributed by atoms with Gasteiger partial charge in [-0.25, -0.2) is 9.97 Å². The number of hydrogen-bond acceptors (Lipinski definition) is 8. The molecule has 0 aliphatic carbocycles. The number of carbonyl (C=O) groups is 4. The lowest BCUT2D eigenvalue weighted by atomic mass is 10.0. The van der Waals surface area contributed by atoms with Gasteiger partial charge in [-0.1, -0.05) is 26.0 Å². The molecule has 1 aliphatic heterocycles. The Morgan fingerprint density at radius 1 is 0.833 bits per heavy atom. The Balaban J connectivity index is 0.00000497. The number of amides is 3. The maximum atomic E-state index is 14.2. The number of nitrogens with two attached hydrogens (primary N) is 2. The molecule has 0 fully saturated rings. The Morgan fingerprint density at radius 2 is 1.48 bits per heavy atom. The summed E-state index contributed by atoms with van der Waals surface area (Å²) >= 11 is 0. The number of nitrogens with one attached hydrogen (secondary N) is 1. The Hall–Kier alpha value is -6.38. The molecule has 280 valence electrons. The van der Waals surface area contributed by atoms with Crippen LogP contribution in [0.3, 0.4) is 0 Å². The number of rotatable bonds is 3. The molecule has 3 amide bonds. The second-order valence-corrected chi connectivity index (χ2v) is 13.3. The van der Waals surface area contributed by atoms with E-state index in [9.17, 15) is 19.2 Å². The lowest BCUT2D eigenvalue weighted by molar-refractivity contribution is 0.0974. The van der Waals surface area contributed by atoms with E-state index < -0.39 is 11.8 Å². The van der Waals surface area contributed by atoms with Crippen LogP contribution in [-0.2, 0) is 39.0 Å². The van der Waals surface area contributed by atoms with Gasteiger partial charge < -0.3 is 20.6 Å². The molecule has 2 aromatic carbocycles. The highest BCUT2D eigenvalue weighted by Crippen LogP contribution is 2.25. The molecule has 0 saturated carbocycles. The van der Waals surface area contributed by atoms with E-state index >= 15 is 0 Å². The highest BCUT2D eigenvalue weighted by atomic mass is 16.2. The maximum Gasteiger partial charge on any atom is 0.276 e. The lowest BCUT2D eigenvalue weighted by Gasteiger charge is -2.10. The molecule has 0 bridgehead atoms. The summed E-state index contributed by atoms with van der Waals surface area (Å²) in [4.78, 5) is 61.5. The number of Topliss-reactive ketones (excluding diaryl/α,β-unsaturated/α-hetero) is 1. The quantitative estimate of drug-likeness (QED) is 0.213. The van der Waals surface area contributed by atoms with Crippen LogP contribution in [0.25, 0.3) is 22.1 Å². The summed E-state index contributed by atoms with van der Waals surface area (Å²) in [5.74, 6) is -0.758. The molecule has 15 heteroatoms. The smallest absolute Gasteiger partial charge is 0.276 e. The minimum Gasteiger partial charge on any atom is -0.366 e. The largest absolute Gasteiger partial charge is 0.366 e. The topological polar surface area (TPSA) is 204 Å². The van der Waals surface area contributed by atoms with E-state index in [2.05, 4.69) is 15.4 Å². The van der Waals surface area contributed by atoms with Crippen LogP contribution in [0, 0.1) is 13.8 Å². The van der Waals surface area contributed by atoms with Crippen LogP contribution < -0.4 is 16.8 Å². The number of nitrogens with zero attached hydrogens (tertiary/aromatic N) is 8. The van der Waals surface area contributed by atoms with E-state index in [0.29, 0.717) is 83.4 Å². The molecule has 15 nitrogen and oxygen atoms in total. The third-order valence-electron chi connectivity index (χ3n) is 9.68. The number of ketones is 1. The molecule has 0 unspecified atom stereocenters. The van der Waals surface area contributed by atoms with Crippen LogP contribution in [0.1, 0.15) is 98.1 Å². The van der Waals surface area contributed by atoms with Gasteiger partial charge in [0.1, 0.15) is 17.2 Å². The van der Waals surface area contributed by atoms with Crippen LogP contribution in [0.2, 0.25) is 0 Å². The lowest BCUT2D eigenvalue weighted by Crippen LogP contribution is -2.20. The Labute approximate surface area is 312 Å². The van der Waals surface area contributed by atoms with Gasteiger partial charge in [-0.2, -0.15) is 10.2 Å². The molecule has 6 aromatic rings. The summed E-state index contributed by atoms with van der Waals surface area (Å²) in [6, 6.07) is 11.8. The molecule has 54 heavy (non-hydrogen) atoms. The Bertz CT molecular complexity index is 2460. The number of fused-ring (bicyclic) bond motifs is 8. The monoisotopic (exact) mass is 731 g/mol. The van der Waals surface area contributed by atoms with Crippen molar-refractivity contribution in [2.24, 2.45) is 11.5 Å². The maximum absolute atomic E-state index is 14.2. The van der Waals surface area contributed by atoms with Crippen LogP contribution >= 0.6 is 0 Å². The highest BCUT2D eigenvalue weighted by molar-refractivity contribution is 6.03. The molecule has 0 atom stereocenters. The number of primary amides is 2. The first-order valence-electron chi connectivity index (χ1n) is 17.7. The summed E-state index contributed by atoms with van der Waals surface area (Å²) in [7, 11) is 0. The predicted octanol–water partition coefficient (Wildman–Crippen LogP) is 4.91.